The van der Waals surface area contributed by atoms with Crippen molar-refractivity contribution >= 4 is 23.2 Å². The molecule has 27 heavy (non-hydrogen) atoms. The summed E-state index contributed by atoms with van der Waals surface area (Å²) in [4.78, 5) is 25.2. The van der Waals surface area contributed by atoms with Gasteiger partial charge in [-0.1, -0.05) is 11.6 Å². The van der Waals surface area contributed by atoms with E-state index >= 15 is 0 Å². The summed E-state index contributed by atoms with van der Waals surface area (Å²) in [5.41, 5.74) is 0.376. The lowest BCUT2D eigenvalue weighted by molar-refractivity contribution is -0.385. The molecule has 0 radical (unpaired) electrons. The molecule has 2 aliphatic heterocycles. The maximum Gasteiger partial charge on any atom is 0.313 e. The second-order valence-electron chi connectivity index (χ2n) is 6.88. The number of hydrogen-bond donors (Lipinski definition) is 1. The van der Waals surface area contributed by atoms with Crippen molar-refractivity contribution in [3.63, 3.8) is 0 Å². The minimum absolute atomic E-state index is 0.00780. The van der Waals surface area contributed by atoms with Gasteiger partial charge in [0.05, 0.1) is 4.92 Å². The standard InChI is InChI=1S/C19H18ClN3O4/c20-15-3-6-18(17(7-15)23(25)26)27-16-4-1-12(2-5-16)19(24)22-10-13-8-21-9-14(13)11-22/h1-7,13-14,21H,8-11H2/t13-,14+. The van der Waals surface area contributed by atoms with E-state index in [1.54, 1.807) is 24.3 Å². The minimum atomic E-state index is -0.543. The van der Waals surface area contributed by atoms with E-state index in [9.17, 15) is 14.9 Å². The van der Waals surface area contributed by atoms with Crippen molar-refractivity contribution in [3.8, 4) is 11.5 Å². The Labute approximate surface area is 161 Å². The first-order valence-corrected chi connectivity index (χ1v) is 9.11. The third-order valence-corrected chi connectivity index (χ3v) is 5.36. The van der Waals surface area contributed by atoms with E-state index in [2.05, 4.69) is 5.32 Å². The van der Waals surface area contributed by atoms with Crippen molar-refractivity contribution in [3.05, 3.63) is 63.2 Å². The molecule has 2 fully saturated rings. The van der Waals surface area contributed by atoms with Crippen LogP contribution >= 0.6 is 11.6 Å². The van der Waals surface area contributed by atoms with Crippen molar-refractivity contribution in [2.24, 2.45) is 11.8 Å². The quantitative estimate of drug-likeness (QED) is 0.642. The monoisotopic (exact) mass is 387 g/mol. The zero-order chi connectivity index (χ0) is 19.0. The van der Waals surface area contributed by atoms with E-state index in [1.165, 1.54) is 18.2 Å². The van der Waals surface area contributed by atoms with Crippen LogP contribution in [0.3, 0.4) is 0 Å². The van der Waals surface area contributed by atoms with Crippen LogP contribution in [-0.4, -0.2) is 41.9 Å². The maximum absolute atomic E-state index is 12.7. The number of fused-ring (bicyclic) bond motifs is 1. The zero-order valence-electron chi connectivity index (χ0n) is 14.4. The Hall–Kier alpha value is -2.64. The summed E-state index contributed by atoms with van der Waals surface area (Å²) in [6.45, 7) is 3.51. The molecule has 2 heterocycles. The Morgan fingerprint density at radius 3 is 2.44 bits per heavy atom. The molecule has 1 N–H and O–H groups in total. The number of ether oxygens (including phenoxy) is 1. The van der Waals surface area contributed by atoms with Gasteiger partial charge in [0.2, 0.25) is 5.75 Å². The maximum atomic E-state index is 12.7. The van der Waals surface area contributed by atoms with Crippen molar-refractivity contribution in [1.29, 1.82) is 0 Å². The summed E-state index contributed by atoms with van der Waals surface area (Å²) in [6.07, 6.45) is 0. The number of nitrogens with one attached hydrogen (secondary N) is 1. The molecule has 0 aromatic heterocycles. The molecule has 0 saturated carbocycles. The molecule has 1 amide bonds. The topological polar surface area (TPSA) is 84.7 Å². The normalized spacial score (nSPS) is 21.1. The largest absolute Gasteiger partial charge is 0.450 e. The van der Waals surface area contributed by atoms with Gasteiger partial charge < -0.3 is 15.0 Å². The average molecular weight is 388 g/mol. The molecule has 2 aromatic carbocycles. The van der Waals surface area contributed by atoms with Crippen molar-refractivity contribution in [2.75, 3.05) is 26.2 Å². The van der Waals surface area contributed by atoms with E-state index in [4.69, 9.17) is 16.3 Å². The molecule has 7 nitrogen and oxygen atoms in total. The van der Waals surface area contributed by atoms with Crippen LogP contribution in [0, 0.1) is 22.0 Å². The molecule has 2 aliphatic rings. The number of halogens is 1. The van der Waals surface area contributed by atoms with Gasteiger partial charge in [-0.15, -0.1) is 0 Å². The number of carbonyl (C=O) groups is 1. The van der Waals surface area contributed by atoms with Crippen LogP contribution in [0.2, 0.25) is 5.02 Å². The Morgan fingerprint density at radius 2 is 1.81 bits per heavy atom. The van der Waals surface area contributed by atoms with Crippen LogP contribution in [0.25, 0.3) is 0 Å². The predicted octanol–water partition coefficient (Wildman–Crippen LogP) is 3.33. The van der Waals surface area contributed by atoms with E-state index in [0.29, 0.717) is 23.1 Å². The van der Waals surface area contributed by atoms with Gasteiger partial charge in [0, 0.05) is 42.8 Å². The highest BCUT2D eigenvalue weighted by atomic mass is 35.5. The Bertz CT molecular complexity index is 875. The number of benzene rings is 2. The van der Waals surface area contributed by atoms with Crippen LogP contribution in [0.15, 0.2) is 42.5 Å². The summed E-state index contributed by atoms with van der Waals surface area (Å²) in [7, 11) is 0. The van der Waals surface area contributed by atoms with Crippen molar-refractivity contribution in [1.82, 2.24) is 10.2 Å². The molecule has 8 heteroatoms. The Kier molecular flexibility index (Phi) is 4.72. The van der Waals surface area contributed by atoms with Gasteiger partial charge in [-0.2, -0.15) is 0 Å². The van der Waals surface area contributed by atoms with Crippen LogP contribution in [0.1, 0.15) is 10.4 Å². The molecule has 0 aliphatic carbocycles. The van der Waals surface area contributed by atoms with Gasteiger partial charge in [-0.25, -0.2) is 0 Å². The average Bonchev–Trinajstić information content (AvgIpc) is 3.25. The first-order chi connectivity index (χ1) is 13.0. The fourth-order valence-electron chi connectivity index (χ4n) is 3.72. The Morgan fingerprint density at radius 1 is 1.15 bits per heavy atom. The molecular formula is C19H18ClN3O4. The second kappa shape index (κ2) is 7.17. The lowest BCUT2D eigenvalue weighted by atomic mass is 10.0. The van der Waals surface area contributed by atoms with E-state index < -0.39 is 4.92 Å². The summed E-state index contributed by atoms with van der Waals surface area (Å²) in [5, 5.41) is 14.8. The van der Waals surface area contributed by atoms with E-state index in [-0.39, 0.29) is 22.4 Å². The number of amides is 1. The number of hydrogen-bond acceptors (Lipinski definition) is 5. The van der Waals surface area contributed by atoms with Crippen molar-refractivity contribution in [2.45, 2.75) is 0 Å². The van der Waals surface area contributed by atoms with Gasteiger partial charge in [0.1, 0.15) is 5.75 Å². The van der Waals surface area contributed by atoms with E-state index in [1.807, 2.05) is 4.90 Å². The fourth-order valence-corrected chi connectivity index (χ4v) is 3.88. The lowest BCUT2D eigenvalue weighted by Gasteiger charge is -2.17. The predicted molar refractivity (Wildman–Crippen MR) is 100 cm³/mol. The van der Waals surface area contributed by atoms with E-state index in [0.717, 1.165) is 26.2 Å². The van der Waals surface area contributed by atoms with Gasteiger partial charge in [-0.3, -0.25) is 14.9 Å². The Balaban J connectivity index is 1.47. The summed E-state index contributed by atoms with van der Waals surface area (Å²) in [5.74, 6) is 1.61. The minimum Gasteiger partial charge on any atom is -0.450 e. The first kappa shape index (κ1) is 17.8. The molecule has 2 saturated heterocycles. The number of likely N-dealkylation sites (tertiary alicyclic amines) is 1. The molecule has 140 valence electrons. The van der Waals surface area contributed by atoms with Gasteiger partial charge in [-0.05, 0) is 48.2 Å². The highest BCUT2D eigenvalue weighted by Crippen LogP contribution is 2.34. The number of nitrogens with zero attached hydrogens (tertiary/aromatic N) is 2. The molecule has 2 aromatic rings. The van der Waals surface area contributed by atoms with Gasteiger partial charge in [0.25, 0.3) is 5.91 Å². The van der Waals surface area contributed by atoms with Gasteiger partial charge in [0.15, 0.2) is 0 Å². The molecule has 0 unspecified atom stereocenters. The number of carbonyl (C=O) groups excluding carboxylic acids is 1. The molecule has 0 bridgehead atoms. The molecule has 2 atom stereocenters. The van der Waals surface area contributed by atoms with Crippen LogP contribution in [-0.2, 0) is 0 Å². The third-order valence-electron chi connectivity index (χ3n) is 5.12. The number of nitro groups is 1. The fraction of sp³-hybridized carbons (Fsp3) is 0.316. The number of nitro benzene ring substituents is 1. The lowest BCUT2D eigenvalue weighted by Crippen LogP contribution is -2.31. The van der Waals surface area contributed by atoms with Gasteiger partial charge >= 0.3 is 5.69 Å². The smallest absolute Gasteiger partial charge is 0.313 e. The molecule has 0 spiro atoms. The van der Waals surface area contributed by atoms with Crippen LogP contribution in [0.5, 0.6) is 11.5 Å². The molecule has 4 rings (SSSR count). The summed E-state index contributed by atoms with van der Waals surface area (Å²) in [6, 6.07) is 10.9. The van der Waals surface area contributed by atoms with Crippen LogP contribution in [0.4, 0.5) is 5.69 Å². The number of rotatable bonds is 4. The van der Waals surface area contributed by atoms with Crippen LogP contribution < -0.4 is 10.1 Å². The molecular weight excluding hydrogens is 370 g/mol. The second-order valence-corrected chi connectivity index (χ2v) is 7.32. The highest BCUT2D eigenvalue weighted by Gasteiger charge is 2.38. The summed E-state index contributed by atoms with van der Waals surface area (Å²) >= 11 is 5.81. The SMILES string of the molecule is O=C(c1ccc(Oc2ccc(Cl)cc2[N+](=O)[O-])cc1)N1C[C@H]2CNC[C@H]2C1. The first-order valence-electron chi connectivity index (χ1n) is 8.73. The summed E-state index contributed by atoms with van der Waals surface area (Å²) < 4.78 is 5.61. The van der Waals surface area contributed by atoms with Crippen molar-refractivity contribution < 1.29 is 14.5 Å². The highest BCUT2D eigenvalue weighted by molar-refractivity contribution is 6.30. The zero-order valence-corrected chi connectivity index (χ0v) is 15.2. The third kappa shape index (κ3) is 3.61.